The van der Waals surface area contributed by atoms with Crippen molar-refractivity contribution >= 4 is 23.0 Å². The summed E-state index contributed by atoms with van der Waals surface area (Å²) < 4.78 is 1.90. The van der Waals surface area contributed by atoms with Crippen molar-refractivity contribution < 1.29 is 19.8 Å². The average molecular weight is 667 g/mol. The maximum absolute atomic E-state index is 9.10. The molecule has 49 heavy (non-hydrogen) atoms. The molecule has 2 heterocycles. The van der Waals surface area contributed by atoms with Crippen LogP contribution < -0.4 is 10.6 Å². The zero-order chi connectivity index (χ0) is 35.2. The molecule has 0 fully saturated rings. The van der Waals surface area contributed by atoms with Gasteiger partial charge in [-0.2, -0.15) is 5.10 Å². The summed E-state index contributed by atoms with van der Waals surface area (Å²) in [4.78, 5) is 32.8. The fraction of sp³-hybridized carbons (Fsp3) is 0.324. The highest BCUT2D eigenvalue weighted by Crippen LogP contribution is 2.30. The number of carboxylic acid groups (broad SMARTS) is 2. The number of carbonyl (C=O) groups is 2. The first-order valence-electron chi connectivity index (χ1n) is 16.3. The van der Waals surface area contributed by atoms with E-state index in [0.29, 0.717) is 5.82 Å². The number of carboxylic acids is 2. The Morgan fingerprint density at radius 2 is 1.20 bits per heavy atom. The number of hydrogen-bond acceptors (Lipinski definition) is 9. The summed E-state index contributed by atoms with van der Waals surface area (Å²) in [6.07, 6.45) is 4.14. The molecule has 0 radical (unpaired) electrons. The molecule has 0 unspecified atom stereocenters. The van der Waals surface area contributed by atoms with Crippen LogP contribution in [0.25, 0.3) is 39.4 Å². The van der Waals surface area contributed by atoms with E-state index in [9.17, 15) is 0 Å². The lowest BCUT2D eigenvalue weighted by atomic mass is 10.1. The van der Waals surface area contributed by atoms with Crippen molar-refractivity contribution in [3.8, 4) is 28.3 Å². The number of benzene rings is 3. The zero-order valence-corrected chi connectivity index (χ0v) is 28.6. The highest BCUT2D eigenvalue weighted by molar-refractivity contribution is 6.27. The quantitative estimate of drug-likeness (QED) is 0.0932. The van der Waals surface area contributed by atoms with Crippen molar-refractivity contribution in [2.24, 2.45) is 0 Å². The molecule has 0 saturated carbocycles. The van der Waals surface area contributed by atoms with Crippen LogP contribution in [0.2, 0.25) is 0 Å². The summed E-state index contributed by atoms with van der Waals surface area (Å²) in [5.74, 6) is -2.96. The van der Waals surface area contributed by atoms with Crippen molar-refractivity contribution in [3.05, 3.63) is 96.2 Å². The van der Waals surface area contributed by atoms with Crippen LogP contribution in [-0.2, 0) is 22.7 Å². The third kappa shape index (κ3) is 11.3. The SMILES string of the molecule is CN(C)CCCNCc1ccc(-c2nc(-c3ccc(CNCCCN(C)C)cc3)c3cnn(-c4ccccc4)c3n2)cc1.O=C(O)C(=O)O. The molecule has 0 saturated heterocycles. The van der Waals surface area contributed by atoms with E-state index in [4.69, 9.17) is 34.9 Å². The molecule has 3 aromatic carbocycles. The standard InChI is InChI=1S/C35H44N8.C2H2O4/c1-41(2)22-8-20-36-24-27-12-16-29(17-13-27)33-32-26-38-43(31-10-6-5-7-11-31)35(32)40-34(39-33)30-18-14-28(15-19-30)25-37-21-9-23-42(3)4;3-1(4)2(5)6/h5-7,10-19,26,36-37H,8-9,20-25H2,1-4H3;(H,3,4)(H,5,6). The van der Waals surface area contributed by atoms with Gasteiger partial charge in [-0.25, -0.2) is 24.2 Å². The van der Waals surface area contributed by atoms with E-state index in [0.717, 1.165) is 85.7 Å². The molecular formula is C37H46N8O4. The third-order valence-corrected chi connectivity index (χ3v) is 7.63. The van der Waals surface area contributed by atoms with Crippen LogP contribution in [0.5, 0.6) is 0 Å². The normalized spacial score (nSPS) is 11.1. The van der Waals surface area contributed by atoms with E-state index in [1.54, 1.807) is 0 Å². The molecule has 0 aliphatic heterocycles. The van der Waals surface area contributed by atoms with Gasteiger partial charge in [0.1, 0.15) is 0 Å². The largest absolute Gasteiger partial charge is 0.473 e. The summed E-state index contributed by atoms with van der Waals surface area (Å²) in [6, 6.07) is 27.4. The average Bonchev–Trinajstić information content (AvgIpc) is 3.53. The highest BCUT2D eigenvalue weighted by atomic mass is 16.4. The molecule has 0 bridgehead atoms. The van der Waals surface area contributed by atoms with Gasteiger partial charge in [0.25, 0.3) is 0 Å². The Morgan fingerprint density at radius 3 is 1.69 bits per heavy atom. The Morgan fingerprint density at radius 1 is 0.694 bits per heavy atom. The second kappa shape index (κ2) is 18.5. The van der Waals surface area contributed by atoms with Gasteiger partial charge in [0.05, 0.1) is 23.0 Å². The second-order valence-electron chi connectivity index (χ2n) is 12.2. The van der Waals surface area contributed by atoms with Crippen molar-refractivity contribution in [3.63, 3.8) is 0 Å². The van der Waals surface area contributed by atoms with Crippen molar-refractivity contribution in [1.29, 1.82) is 0 Å². The number of para-hydroxylation sites is 1. The fourth-order valence-corrected chi connectivity index (χ4v) is 5.07. The number of aromatic nitrogens is 4. The van der Waals surface area contributed by atoms with Gasteiger partial charge >= 0.3 is 11.9 Å². The first-order valence-corrected chi connectivity index (χ1v) is 16.3. The van der Waals surface area contributed by atoms with Gasteiger partial charge in [0.15, 0.2) is 11.5 Å². The van der Waals surface area contributed by atoms with E-state index in [-0.39, 0.29) is 0 Å². The van der Waals surface area contributed by atoms with E-state index in [1.165, 1.54) is 11.1 Å². The molecular weight excluding hydrogens is 620 g/mol. The van der Waals surface area contributed by atoms with Crippen LogP contribution in [0, 0.1) is 0 Å². The minimum absolute atomic E-state index is 0.692. The smallest absolute Gasteiger partial charge is 0.414 e. The summed E-state index contributed by atoms with van der Waals surface area (Å²) in [6.45, 7) is 5.87. The molecule has 12 nitrogen and oxygen atoms in total. The van der Waals surface area contributed by atoms with Crippen LogP contribution in [-0.4, -0.2) is 106 Å². The van der Waals surface area contributed by atoms with Crippen molar-refractivity contribution in [1.82, 2.24) is 40.2 Å². The Balaban J connectivity index is 0.000000827. The number of nitrogens with one attached hydrogen (secondary N) is 2. The minimum Gasteiger partial charge on any atom is -0.473 e. The van der Waals surface area contributed by atoms with E-state index >= 15 is 0 Å². The number of fused-ring (bicyclic) bond motifs is 1. The number of rotatable bonds is 15. The first-order chi connectivity index (χ1) is 23.6. The van der Waals surface area contributed by atoms with E-state index < -0.39 is 11.9 Å². The van der Waals surface area contributed by atoms with Crippen LogP contribution in [0.15, 0.2) is 85.1 Å². The molecule has 0 aliphatic rings. The highest BCUT2D eigenvalue weighted by Gasteiger charge is 2.17. The molecule has 5 aromatic rings. The van der Waals surface area contributed by atoms with Gasteiger partial charge in [0, 0.05) is 24.2 Å². The summed E-state index contributed by atoms with van der Waals surface area (Å²) in [7, 11) is 8.44. The predicted molar refractivity (Wildman–Crippen MR) is 193 cm³/mol. The molecule has 0 spiro atoms. The maximum Gasteiger partial charge on any atom is 0.414 e. The Labute approximate surface area is 287 Å². The van der Waals surface area contributed by atoms with Gasteiger partial charge in [-0.15, -0.1) is 0 Å². The van der Waals surface area contributed by atoms with Gasteiger partial charge < -0.3 is 30.6 Å². The molecule has 12 heteroatoms. The molecule has 0 atom stereocenters. The maximum atomic E-state index is 9.10. The van der Waals surface area contributed by atoms with Crippen LogP contribution in [0.3, 0.4) is 0 Å². The lowest BCUT2D eigenvalue weighted by molar-refractivity contribution is -0.159. The topological polar surface area (TPSA) is 149 Å². The van der Waals surface area contributed by atoms with Gasteiger partial charge in [-0.3, -0.25) is 0 Å². The van der Waals surface area contributed by atoms with Crippen LogP contribution in [0.4, 0.5) is 0 Å². The summed E-state index contributed by atoms with van der Waals surface area (Å²) >= 11 is 0. The second-order valence-corrected chi connectivity index (χ2v) is 12.2. The Bertz CT molecular complexity index is 1760. The monoisotopic (exact) mass is 666 g/mol. The Kier molecular flexibility index (Phi) is 13.9. The zero-order valence-electron chi connectivity index (χ0n) is 28.6. The predicted octanol–water partition coefficient (Wildman–Crippen LogP) is 4.39. The van der Waals surface area contributed by atoms with Crippen LogP contribution in [0.1, 0.15) is 24.0 Å². The number of hydrogen-bond donors (Lipinski definition) is 4. The molecule has 4 N–H and O–H groups in total. The van der Waals surface area contributed by atoms with Gasteiger partial charge in [-0.1, -0.05) is 66.7 Å². The van der Waals surface area contributed by atoms with Crippen molar-refractivity contribution in [2.75, 3.05) is 54.4 Å². The van der Waals surface area contributed by atoms with Crippen LogP contribution >= 0.6 is 0 Å². The molecule has 2 aromatic heterocycles. The van der Waals surface area contributed by atoms with E-state index in [2.05, 4.69) is 109 Å². The lowest BCUT2D eigenvalue weighted by Gasteiger charge is -2.11. The Hall–Kier alpha value is -5.01. The number of nitrogens with zero attached hydrogens (tertiary/aromatic N) is 6. The third-order valence-electron chi connectivity index (χ3n) is 7.63. The fourth-order valence-electron chi connectivity index (χ4n) is 5.07. The summed E-state index contributed by atoms with van der Waals surface area (Å²) in [5.41, 5.74) is 7.19. The molecule has 0 amide bonds. The van der Waals surface area contributed by atoms with Gasteiger partial charge in [0.2, 0.25) is 0 Å². The molecule has 0 aliphatic carbocycles. The first kappa shape index (κ1) is 36.8. The summed E-state index contributed by atoms with van der Waals surface area (Å²) in [5, 5.41) is 27.6. The van der Waals surface area contributed by atoms with Gasteiger partial charge in [-0.05, 0) is 90.5 Å². The molecule has 5 rings (SSSR count). The number of aliphatic carboxylic acids is 2. The minimum atomic E-state index is -1.82. The van der Waals surface area contributed by atoms with Crippen molar-refractivity contribution in [2.45, 2.75) is 25.9 Å². The lowest BCUT2D eigenvalue weighted by Crippen LogP contribution is -2.20. The van der Waals surface area contributed by atoms with E-state index in [1.807, 2.05) is 29.1 Å². The molecule has 258 valence electrons.